The van der Waals surface area contributed by atoms with Crippen LogP contribution < -0.4 is 16.0 Å². The maximum Gasteiger partial charge on any atom is 0.255 e. The van der Waals surface area contributed by atoms with Crippen LogP contribution in [-0.2, 0) is 11.2 Å². The predicted octanol–water partition coefficient (Wildman–Crippen LogP) is 2.61. The lowest BCUT2D eigenvalue weighted by atomic mass is 10.0. The molecule has 0 radical (unpaired) electrons. The molecule has 1 aromatic heterocycles. The number of nitrogens with two attached hydrogens (primary N) is 1. The van der Waals surface area contributed by atoms with E-state index in [-0.39, 0.29) is 23.4 Å². The predicted molar refractivity (Wildman–Crippen MR) is 113 cm³/mol. The molecule has 1 unspecified atom stereocenters. The molecule has 1 aliphatic heterocycles. The lowest BCUT2D eigenvalue weighted by molar-refractivity contribution is -0.134. The van der Waals surface area contributed by atoms with E-state index in [1.807, 2.05) is 12.1 Å². The number of aromatic amines is 1. The number of fused-ring (bicyclic) bond motifs is 1. The summed E-state index contributed by atoms with van der Waals surface area (Å²) >= 11 is 0. The number of hydrogen-bond donors (Lipinski definition) is 2. The molecule has 2 aromatic carbocycles. The minimum atomic E-state index is -0.647. The molecular formula is C23H24FN3O3. The third-order valence-electron chi connectivity index (χ3n) is 5.49. The van der Waals surface area contributed by atoms with Crippen LogP contribution in [0.1, 0.15) is 18.4 Å². The van der Waals surface area contributed by atoms with Crippen LogP contribution in [-0.4, -0.2) is 41.0 Å². The summed E-state index contributed by atoms with van der Waals surface area (Å²) in [5, 5.41) is 1.45. The van der Waals surface area contributed by atoms with E-state index in [1.165, 1.54) is 12.1 Å². The Balaban J connectivity index is 1.31. The number of H-pyrrole nitrogens is 1. The van der Waals surface area contributed by atoms with Crippen molar-refractivity contribution < 1.29 is 13.9 Å². The number of hydrogen-bond acceptors (Lipinski definition) is 4. The molecule has 0 aliphatic carbocycles. The van der Waals surface area contributed by atoms with Crippen LogP contribution >= 0.6 is 0 Å². The molecule has 7 heteroatoms. The number of carbonyl (C=O) groups excluding carboxylic acids is 1. The first-order valence-corrected chi connectivity index (χ1v) is 10.1. The van der Waals surface area contributed by atoms with Crippen molar-refractivity contribution >= 4 is 16.7 Å². The highest BCUT2D eigenvalue weighted by Gasteiger charge is 2.27. The number of nitrogens with zero attached hydrogens (tertiary/aromatic N) is 1. The normalized spacial score (nSPS) is 15.9. The lowest BCUT2D eigenvalue weighted by Gasteiger charge is -2.33. The fraction of sp³-hybridized carbons (Fsp3) is 0.304. The standard InChI is InChI=1S/C23H24FN3O3/c24-17-3-1-15(2-4-17)13-21(25)23(29)27-11-8-18(9-12-27)30-19-5-6-20-16(14-19)7-10-26-22(20)28/h1-7,10,14,18,21H,8-9,11-13,25H2,(H,26,28). The second kappa shape index (κ2) is 8.67. The molecule has 1 atom stereocenters. The first-order valence-electron chi connectivity index (χ1n) is 10.1. The number of aromatic nitrogens is 1. The van der Waals surface area contributed by atoms with Crippen molar-refractivity contribution in [3.63, 3.8) is 0 Å². The minimum absolute atomic E-state index is 0.00168. The molecule has 1 amide bonds. The van der Waals surface area contributed by atoms with Crippen LogP contribution in [0, 0.1) is 5.82 Å². The third-order valence-corrected chi connectivity index (χ3v) is 5.49. The number of likely N-dealkylation sites (tertiary alicyclic amines) is 1. The number of nitrogens with one attached hydrogen (secondary N) is 1. The van der Waals surface area contributed by atoms with Crippen molar-refractivity contribution in [1.82, 2.24) is 9.88 Å². The number of carbonyl (C=O) groups is 1. The van der Waals surface area contributed by atoms with E-state index >= 15 is 0 Å². The summed E-state index contributed by atoms with van der Waals surface area (Å²) in [6, 6.07) is 12.7. The maximum absolute atomic E-state index is 13.0. The molecule has 6 nitrogen and oxygen atoms in total. The number of halogens is 1. The highest BCUT2D eigenvalue weighted by molar-refractivity contribution is 5.83. The van der Waals surface area contributed by atoms with Crippen LogP contribution in [0.3, 0.4) is 0 Å². The van der Waals surface area contributed by atoms with Crippen molar-refractivity contribution in [2.45, 2.75) is 31.4 Å². The van der Waals surface area contributed by atoms with Gasteiger partial charge in [-0.25, -0.2) is 4.39 Å². The summed E-state index contributed by atoms with van der Waals surface area (Å²) in [6.45, 7) is 1.15. The van der Waals surface area contributed by atoms with Gasteiger partial charge in [-0.2, -0.15) is 0 Å². The van der Waals surface area contributed by atoms with E-state index in [1.54, 1.807) is 35.4 Å². The molecule has 1 saturated heterocycles. The largest absolute Gasteiger partial charge is 0.490 e. The molecule has 3 aromatic rings. The molecule has 1 fully saturated rings. The van der Waals surface area contributed by atoms with Gasteiger partial charge in [-0.1, -0.05) is 12.1 Å². The number of amides is 1. The zero-order chi connectivity index (χ0) is 21.1. The van der Waals surface area contributed by atoms with Gasteiger partial charge in [0.1, 0.15) is 17.7 Å². The summed E-state index contributed by atoms with van der Waals surface area (Å²) in [5.41, 5.74) is 6.81. The molecule has 1 aliphatic rings. The number of benzene rings is 2. The Labute approximate surface area is 173 Å². The van der Waals surface area contributed by atoms with Crippen LogP contribution in [0.5, 0.6) is 5.75 Å². The Kier molecular flexibility index (Phi) is 5.81. The lowest BCUT2D eigenvalue weighted by Crippen LogP contribution is -2.49. The van der Waals surface area contributed by atoms with Gasteiger partial charge < -0.3 is 20.4 Å². The highest BCUT2D eigenvalue weighted by atomic mass is 19.1. The summed E-state index contributed by atoms with van der Waals surface area (Å²) in [7, 11) is 0. The van der Waals surface area contributed by atoms with Gasteiger partial charge in [-0.05, 0) is 53.8 Å². The molecule has 0 saturated carbocycles. The summed E-state index contributed by atoms with van der Waals surface area (Å²) in [6.07, 6.45) is 3.42. The van der Waals surface area contributed by atoms with Gasteiger partial charge >= 0.3 is 0 Å². The fourth-order valence-electron chi connectivity index (χ4n) is 3.83. The average molecular weight is 409 g/mol. The molecule has 2 heterocycles. The zero-order valence-electron chi connectivity index (χ0n) is 16.5. The Morgan fingerprint density at radius 3 is 2.63 bits per heavy atom. The van der Waals surface area contributed by atoms with E-state index < -0.39 is 6.04 Å². The van der Waals surface area contributed by atoms with Crippen molar-refractivity contribution in [3.8, 4) is 5.75 Å². The SMILES string of the molecule is NC(Cc1ccc(F)cc1)C(=O)N1CCC(Oc2ccc3c(=O)[nH]ccc3c2)CC1. The van der Waals surface area contributed by atoms with Crippen molar-refractivity contribution in [1.29, 1.82) is 0 Å². The second-order valence-electron chi connectivity index (χ2n) is 7.64. The Bertz CT molecular complexity index is 1090. The maximum atomic E-state index is 13.0. The molecular weight excluding hydrogens is 385 g/mol. The van der Waals surface area contributed by atoms with E-state index in [0.717, 1.165) is 10.9 Å². The molecule has 30 heavy (non-hydrogen) atoms. The third kappa shape index (κ3) is 4.52. The van der Waals surface area contributed by atoms with Crippen LogP contribution in [0.2, 0.25) is 0 Å². The molecule has 4 rings (SSSR count). The Morgan fingerprint density at radius 2 is 1.90 bits per heavy atom. The van der Waals surface area contributed by atoms with Gasteiger partial charge in [0.25, 0.3) is 5.56 Å². The fourth-order valence-corrected chi connectivity index (χ4v) is 3.83. The van der Waals surface area contributed by atoms with Gasteiger partial charge in [0.15, 0.2) is 0 Å². The van der Waals surface area contributed by atoms with E-state index in [0.29, 0.717) is 43.5 Å². The summed E-state index contributed by atoms with van der Waals surface area (Å²) < 4.78 is 19.1. The monoisotopic (exact) mass is 409 g/mol. The second-order valence-corrected chi connectivity index (χ2v) is 7.64. The van der Waals surface area contributed by atoms with Gasteiger partial charge in [0.05, 0.1) is 6.04 Å². The highest BCUT2D eigenvalue weighted by Crippen LogP contribution is 2.23. The Morgan fingerprint density at radius 1 is 1.17 bits per heavy atom. The molecule has 156 valence electrons. The van der Waals surface area contributed by atoms with E-state index in [2.05, 4.69) is 4.98 Å². The molecule has 0 bridgehead atoms. The topological polar surface area (TPSA) is 88.4 Å². The quantitative estimate of drug-likeness (QED) is 0.678. The van der Waals surface area contributed by atoms with Gasteiger partial charge in [-0.15, -0.1) is 0 Å². The summed E-state index contributed by atoms with van der Waals surface area (Å²) in [5.74, 6) is 0.313. The number of piperidine rings is 1. The number of pyridine rings is 1. The summed E-state index contributed by atoms with van der Waals surface area (Å²) in [4.78, 5) is 28.9. The average Bonchev–Trinajstić information content (AvgIpc) is 2.75. The van der Waals surface area contributed by atoms with Crippen LogP contribution in [0.25, 0.3) is 10.8 Å². The van der Waals surface area contributed by atoms with Crippen molar-refractivity contribution in [2.24, 2.45) is 5.73 Å². The first kappa shape index (κ1) is 20.1. The first-order chi connectivity index (χ1) is 14.5. The van der Waals surface area contributed by atoms with Crippen molar-refractivity contribution in [3.05, 3.63) is 76.5 Å². The molecule has 0 spiro atoms. The van der Waals surface area contributed by atoms with Crippen molar-refractivity contribution in [2.75, 3.05) is 13.1 Å². The van der Waals surface area contributed by atoms with Gasteiger partial charge in [-0.3, -0.25) is 9.59 Å². The number of ether oxygens (including phenoxy) is 1. The van der Waals surface area contributed by atoms with E-state index in [4.69, 9.17) is 10.5 Å². The van der Waals surface area contributed by atoms with Crippen LogP contribution in [0.15, 0.2) is 59.5 Å². The van der Waals surface area contributed by atoms with Crippen LogP contribution in [0.4, 0.5) is 4.39 Å². The molecule has 3 N–H and O–H groups in total. The minimum Gasteiger partial charge on any atom is -0.490 e. The smallest absolute Gasteiger partial charge is 0.255 e. The number of rotatable bonds is 5. The van der Waals surface area contributed by atoms with Gasteiger partial charge in [0, 0.05) is 37.5 Å². The van der Waals surface area contributed by atoms with E-state index in [9.17, 15) is 14.0 Å². The Hall–Kier alpha value is -3.19. The van der Waals surface area contributed by atoms with Gasteiger partial charge in [0.2, 0.25) is 5.91 Å². The zero-order valence-corrected chi connectivity index (χ0v) is 16.5.